The van der Waals surface area contributed by atoms with Gasteiger partial charge in [-0.2, -0.15) is 0 Å². The molecule has 32 nitrogen and oxygen atoms in total. The third-order valence-corrected chi connectivity index (χ3v) is 16.3. The topological polar surface area (TPSA) is 539 Å². The summed E-state index contributed by atoms with van der Waals surface area (Å²) in [5.74, 6) is -10.9. The van der Waals surface area contributed by atoms with E-state index in [-0.39, 0.29) is 96.4 Å². The molecule has 0 spiro atoms. The van der Waals surface area contributed by atoms with Gasteiger partial charge in [0.15, 0.2) is 0 Å². The predicted molar refractivity (Wildman–Crippen MR) is 365 cm³/mol. The van der Waals surface area contributed by atoms with Gasteiger partial charge in [-0.1, -0.05) is 89.1 Å². The summed E-state index contributed by atoms with van der Waals surface area (Å²) in [4.78, 5) is 174. The number of unbranched alkanes of at least 4 members (excludes halogenated alkanes) is 1. The van der Waals surface area contributed by atoms with Crippen molar-refractivity contribution in [1.29, 1.82) is 0 Å². The van der Waals surface area contributed by atoms with Crippen LogP contribution in [-0.2, 0) is 75.1 Å². The molecule has 1 aliphatic heterocycles. The van der Waals surface area contributed by atoms with Gasteiger partial charge < -0.3 is 108 Å². The van der Waals surface area contributed by atoms with E-state index < -0.39 is 163 Å². The van der Waals surface area contributed by atoms with Gasteiger partial charge in [-0.05, 0) is 127 Å². The van der Waals surface area contributed by atoms with Gasteiger partial charge in [0, 0.05) is 42.9 Å². The first-order valence-corrected chi connectivity index (χ1v) is 33.7. The molecule has 3 aromatic rings. The number of nitrogens with one attached hydrogen (secondary N) is 12. The first-order valence-electron chi connectivity index (χ1n) is 33.7. The van der Waals surface area contributed by atoms with Crippen LogP contribution in [0.25, 0.3) is 10.9 Å². The van der Waals surface area contributed by atoms with Crippen LogP contribution < -0.4 is 92.9 Å². The number of para-hydroxylation sites is 1. The number of benzene rings is 2. The number of carbonyl (C=O) groups excluding carboxylic acids is 12. The molecule has 98 heavy (non-hydrogen) atoms. The Labute approximate surface area is 571 Å². The maximum atomic E-state index is 14.8. The zero-order valence-electron chi connectivity index (χ0n) is 57.1. The van der Waals surface area contributed by atoms with Gasteiger partial charge in [-0.25, -0.2) is 0 Å². The molecule has 1 saturated heterocycles. The van der Waals surface area contributed by atoms with Crippen LogP contribution in [0.15, 0.2) is 60.8 Å². The number of aromatic nitrogens is 1. The van der Waals surface area contributed by atoms with Crippen molar-refractivity contribution in [3.8, 4) is 0 Å². The number of hydrogen-bond donors (Lipinski definition) is 19. The Morgan fingerprint density at radius 1 is 0.571 bits per heavy atom. The van der Waals surface area contributed by atoms with E-state index >= 15 is 0 Å². The van der Waals surface area contributed by atoms with Crippen molar-refractivity contribution < 1.29 is 67.4 Å². The SMILES string of the molecule is CC(C)CCCCC(=O)N[C@@H](CCN)C(=O)N[C@H](C(=O)N[C@@H](CCN)C(=O)N[C@H]1CCNC(=O)[C@H]([C@@H](C)O)NC(=O)[C@H](CCN)NC(=O)[C@H](CCN)NC(=O)[C@H](CC(C)C)NC(=O)[C@@H](Cc2ccccc2)NC(=O)[C@H](CCN)NC1=O)[C@@H](C)OC(=O)[C@@H](N)Cc1c[nH]c2ccccc12. The van der Waals surface area contributed by atoms with Gasteiger partial charge in [-0.3, -0.25) is 57.5 Å². The average Bonchev–Trinajstić information content (AvgIpc) is 1.64. The molecule has 1 aromatic heterocycles. The summed E-state index contributed by atoms with van der Waals surface area (Å²) in [5.41, 5.74) is 38.2. The summed E-state index contributed by atoms with van der Waals surface area (Å²) in [6.07, 6.45) is -0.855. The summed E-state index contributed by atoms with van der Waals surface area (Å²) in [6.45, 7) is 8.78. The van der Waals surface area contributed by atoms with Crippen molar-refractivity contribution >= 4 is 81.9 Å². The van der Waals surface area contributed by atoms with Gasteiger partial charge in [0.1, 0.15) is 72.6 Å². The molecule has 32 heteroatoms. The number of fused-ring (bicyclic) bond motifs is 1. The van der Waals surface area contributed by atoms with Gasteiger partial charge in [0.25, 0.3) is 0 Å². The maximum Gasteiger partial charge on any atom is 0.323 e. The van der Waals surface area contributed by atoms with Crippen molar-refractivity contribution in [3.63, 3.8) is 0 Å². The van der Waals surface area contributed by atoms with Gasteiger partial charge >= 0.3 is 5.97 Å². The molecular weight excluding hydrogens is 1270 g/mol. The lowest BCUT2D eigenvalue weighted by molar-refractivity contribution is -0.154. The van der Waals surface area contributed by atoms with Crippen LogP contribution in [-0.4, -0.2) is 199 Å². The van der Waals surface area contributed by atoms with Crippen molar-refractivity contribution in [1.82, 2.24) is 63.5 Å². The zero-order valence-corrected chi connectivity index (χ0v) is 57.1. The highest BCUT2D eigenvalue weighted by Gasteiger charge is 2.39. The monoisotopic (exact) mass is 1370 g/mol. The van der Waals surface area contributed by atoms with Gasteiger partial charge in [0.05, 0.1) is 6.10 Å². The Kier molecular flexibility index (Phi) is 35.2. The lowest BCUT2D eigenvalue weighted by Crippen LogP contribution is -2.62. The molecule has 1 fully saturated rings. The molecule has 0 aliphatic carbocycles. The molecule has 11 amide bonds. The first kappa shape index (κ1) is 81.8. The van der Waals surface area contributed by atoms with Crippen molar-refractivity contribution in [3.05, 3.63) is 71.9 Å². The minimum absolute atomic E-state index is 0.00758. The van der Waals surface area contributed by atoms with E-state index in [1.54, 1.807) is 50.4 Å². The molecule has 0 radical (unpaired) electrons. The molecule has 13 atom stereocenters. The lowest BCUT2D eigenvalue weighted by Gasteiger charge is -2.30. The predicted octanol–water partition coefficient (Wildman–Crippen LogP) is -4.03. The third-order valence-electron chi connectivity index (χ3n) is 16.3. The van der Waals surface area contributed by atoms with Gasteiger partial charge in [0.2, 0.25) is 65.0 Å². The number of hydrogen-bond acceptors (Lipinski definition) is 20. The van der Waals surface area contributed by atoms with E-state index in [0.717, 1.165) is 23.7 Å². The van der Waals surface area contributed by atoms with Gasteiger partial charge in [-0.15, -0.1) is 0 Å². The Morgan fingerprint density at radius 2 is 1.10 bits per heavy atom. The van der Waals surface area contributed by atoms with E-state index in [1.165, 1.54) is 13.8 Å². The smallest absolute Gasteiger partial charge is 0.323 e. The maximum absolute atomic E-state index is 14.8. The number of rotatable bonds is 32. The Balaban J connectivity index is 1.77. The highest BCUT2D eigenvalue weighted by molar-refractivity contribution is 5.99. The first-order chi connectivity index (χ1) is 46.6. The largest absolute Gasteiger partial charge is 0.459 e. The van der Waals surface area contributed by atoms with E-state index in [4.69, 9.17) is 39.1 Å². The molecule has 0 unspecified atom stereocenters. The van der Waals surface area contributed by atoms with Crippen molar-refractivity contribution in [2.24, 2.45) is 46.2 Å². The Bertz CT molecular complexity index is 3120. The van der Waals surface area contributed by atoms with Crippen molar-refractivity contribution in [2.75, 3.05) is 39.3 Å². The second-order valence-corrected chi connectivity index (χ2v) is 25.5. The molecule has 544 valence electrons. The number of carbonyl (C=O) groups is 12. The lowest BCUT2D eigenvalue weighted by atomic mass is 10.00. The quantitative estimate of drug-likeness (QED) is 0.0209. The highest BCUT2D eigenvalue weighted by atomic mass is 16.5. The second-order valence-electron chi connectivity index (χ2n) is 25.5. The van der Waals surface area contributed by atoms with Crippen LogP contribution in [0.5, 0.6) is 0 Å². The minimum atomic E-state index is -1.82. The molecular formula is C66H106N18O14. The molecule has 0 saturated carbocycles. The fourth-order valence-electron chi connectivity index (χ4n) is 10.9. The van der Waals surface area contributed by atoms with E-state index in [2.05, 4.69) is 77.3 Å². The summed E-state index contributed by atoms with van der Waals surface area (Å²) in [6, 6.07) is -0.786. The van der Waals surface area contributed by atoms with Crippen LogP contribution >= 0.6 is 0 Å². The molecule has 1 aliphatic rings. The summed E-state index contributed by atoms with van der Waals surface area (Å²) >= 11 is 0. The average molecular weight is 1380 g/mol. The van der Waals surface area contributed by atoms with E-state index in [9.17, 15) is 62.6 Å². The fraction of sp³-hybridized carbons (Fsp3) is 0.606. The highest BCUT2D eigenvalue weighted by Crippen LogP contribution is 2.20. The van der Waals surface area contributed by atoms with Crippen LogP contribution in [0.4, 0.5) is 0 Å². The third kappa shape index (κ3) is 27.0. The second kappa shape index (κ2) is 42.2. The number of nitrogens with two attached hydrogens (primary N) is 6. The summed E-state index contributed by atoms with van der Waals surface area (Å²) in [5, 5.41) is 40.2. The zero-order chi connectivity index (χ0) is 72.6. The molecule has 0 bridgehead atoms. The number of amides is 11. The number of esters is 1. The molecule has 4 rings (SSSR count). The minimum Gasteiger partial charge on any atom is -0.459 e. The standard InChI is InChI=1S/C66H106N18O14/c1-36(2)14-10-13-19-53(86)75-45(20-26-67)60(91)84-55(39(6)98-66(97)43(72)34-41-35-74-44-18-12-11-17-42(41)44)65(96)80-48(23-29-70)57(88)79-50-25-31-73-64(95)54(38(5)85)83-61(92)49(24-30-71)77-56(87)46(21-27-68)78-62(93)51(32-37(3)4)81-63(94)52(33-40-15-8-7-9-16-40)82-58(89)47(22-28-69)76-59(50)90/h7-9,11-12,15-18,35-39,43,45-52,54-55,74,85H,10,13-14,19-34,67-72H2,1-6H3,(H,73,95)(H,75,86)(H,76,90)(H,77,87)(H,78,93)(H,79,88)(H,80,96)(H,81,94)(H,82,89)(H,83,92)(H,84,91)/t38-,39-,43+,45+,46+,47+,48+,49+,50+,51+,52-,54+,55+/m1/s1. The molecule has 2 aromatic carbocycles. The number of aromatic amines is 1. The van der Waals surface area contributed by atoms with E-state index in [1.807, 2.05) is 24.3 Å². The molecule has 2 heterocycles. The number of aliphatic hydroxyl groups is 1. The summed E-state index contributed by atoms with van der Waals surface area (Å²) < 4.78 is 5.79. The normalized spacial score (nSPS) is 21.5. The fourth-order valence-corrected chi connectivity index (χ4v) is 10.9. The van der Waals surface area contributed by atoms with E-state index in [0.29, 0.717) is 23.5 Å². The number of aliphatic hydroxyl groups excluding tert-OH is 1. The number of ether oxygens (including phenoxy) is 1. The van der Waals surface area contributed by atoms with Crippen molar-refractivity contribution in [2.45, 2.75) is 204 Å². The van der Waals surface area contributed by atoms with Crippen LogP contribution in [0.2, 0.25) is 0 Å². The van der Waals surface area contributed by atoms with Crippen LogP contribution in [0.3, 0.4) is 0 Å². The Hall–Kier alpha value is -8.66. The van der Waals surface area contributed by atoms with Crippen LogP contribution in [0.1, 0.15) is 123 Å². The Morgan fingerprint density at radius 3 is 1.67 bits per heavy atom. The summed E-state index contributed by atoms with van der Waals surface area (Å²) in [7, 11) is 0. The molecule has 25 N–H and O–H groups in total. The number of H-pyrrole nitrogens is 1. The van der Waals surface area contributed by atoms with Crippen LogP contribution in [0, 0.1) is 11.8 Å².